The minimum absolute atomic E-state index is 0.282. The number of likely N-dealkylation sites (tertiary alicyclic amines) is 1. The highest BCUT2D eigenvalue weighted by Gasteiger charge is 2.43. The Bertz CT molecular complexity index is 495. The van der Waals surface area contributed by atoms with E-state index in [-0.39, 0.29) is 11.4 Å². The standard InChI is InChI=1S/C16H22FNO2/c1-11(2)18-7-5-16(6-8-18)10-14(19)13-9-12(17)3-4-15(13)20-16/h3-4,9,11,14,19H,5-8,10H2,1-2H3/t14-/m0/s1. The first-order chi connectivity index (χ1) is 9.49. The van der Waals surface area contributed by atoms with Crippen LogP contribution in [0.5, 0.6) is 5.75 Å². The number of nitrogens with zero attached hydrogens (tertiary/aromatic N) is 1. The molecule has 1 aromatic carbocycles. The molecule has 3 rings (SSSR count). The molecule has 1 fully saturated rings. The van der Waals surface area contributed by atoms with Crippen LogP contribution in [-0.2, 0) is 0 Å². The number of ether oxygens (including phenoxy) is 1. The Hall–Kier alpha value is -1.13. The topological polar surface area (TPSA) is 32.7 Å². The lowest BCUT2D eigenvalue weighted by Gasteiger charge is -2.46. The molecule has 0 amide bonds. The molecule has 110 valence electrons. The average molecular weight is 279 g/mol. The molecule has 20 heavy (non-hydrogen) atoms. The fraction of sp³-hybridized carbons (Fsp3) is 0.625. The smallest absolute Gasteiger partial charge is 0.126 e. The number of aliphatic hydroxyl groups excluding tert-OH is 1. The van der Waals surface area contributed by atoms with Crippen molar-refractivity contribution in [2.45, 2.75) is 50.9 Å². The van der Waals surface area contributed by atoms with Crippen molar-refractivity contribution in [3.05, 3.63) is 29.6 Å². The van der Waals surface area contributed by atoms with Crippen molar-refractivity contribution in [1.82, 2.24) is 4.90 Å². The minimum atomic E-state index is -0.625. The van der Waals surface area contributed by atoms with Gasteiger partial charge in [-0.3, -0.25) is 0 Å². The van der Waals surface area contributed by atoms with Crippen LogP contribution in [0.25, 0.3) is 0 Å². The summed E-state index contributed by atoms with van der Waals surface area (Å²) in [5.74, 6) is 0.320. The van der Waals surface area contributed by atoms with Crippen molar-refractivity contribution in [2.24, 2.45) is 0 Å². The number of rotatable bonds is 1. The van der Waals surface area contributed by atoms with E-state index in [9.17, 15) is 9.50 Å². The number of halogens is 1. The molecule has 0 radical (unpaired) electrons. The van der Waals surface area contributed by atoms with Crippen molar-refractivity contribution in [3.63, 3.8) is 0 Å². The highest BCUT2D eigenvalue weighted by molar-refractivity contribution is 5.38. The molecule has 2 aliphatic heterocycles. The first kappa shape index (κ1) is 13.8. The first-order valence-corrected chi connectivity index (χ1v) is 7.40. The minimum Gasteiger partial charge on any atom is -0.487 e. The molecular weight excluding hydrogens is 257 g/mol. The molecule has 1 saturated heterocycles. The lowest BCUT2D eigenvalue weighted by molar-refractivity contribution is -0.0581. The Kier molecular flexibility index (Phi) is 3.46. The largest absolute Gasteiger partial charge is 0.487 e. The maximum atomic E-state index is 13.3. The van der Waals surface area contributed by atoms with Crippen LogP contribution in [0.2, 0.25) is 0 Å². The van der Waals surface area contributed by atoms with E-state index in [4.69, 9.17) is 4.74 Å². The van der Waals surface area contributed by atoms with Gasteiger partial charge in [-0.25, -0.2) is 4.39 Å². The molecule has 0 aliphatic carbocycles. The molecule has 0 unspecified atom stereocenters. The summed E-state index contributed by atoms with van der Waals surface area (Å²) < 4.78 is 19.4. The Morgan fingerprint density at radius 2 is 2.05 bits per heavy atom. The first-order valence-electron chi connectivity index (χ1n) is 7.40. The van der Waals surface area contributed by atoms with Gasteiger partial charge in [0.15, 0.2) is 0 Å². The summed E-state index contributed by atoms with van der Waals surface area (Å²) in [4.78, 5) is 2.43. The van der Waals surface area contributed by atoms with E-state index in [1.54, 1.807) is 6.07 Å². The molecule has 2 heterocycles. The predicted molar refractivity (Wildman–Crippen MR) is 75.3 cm³/mol. The van der Waals surface area contributed by atoms with Crippen LogP contribution in [0.15, 0.2) is 18.2 Å². The number of benzene rings is 1. The number of hydrogen-bond acceptors (Lipinski definition) is 3. The van der Waals surface area contributed by atoms with E-state index >= 15 is 0 Å². The van der Waals surface area contributed by atoms with Crippen LogP contribution >= 0.6 is 0 Å². The van der Waals surface area contributed by atoms with Gasteiger partial charge >= 0.3 is 0 Å². The average Bonchev–Trinajstić information content (AvgIpc) is 2.40. The zero-order valence-corrected chi connectivity index (χ0v) is 12.1. The van der Waals surface area contributed by atoms with E-state index in [1.165, 1.54) is 12.1 Å². The highest BCUT2D eigenvalue weighted by atomic mass is 19.1. The zero-order valence-electron chi connectivity index (χ0n) is 12.1. The summed E-state index contributed by atoms with van der Waals surface area (Å²) in [7, 11) is 0. The summed E-state index contributed by atoms with van der Waals surface area (Å²) >= 11 is 0. The molecule has 0 aromatic heterocycles. The Morgan fingerprint density at radius 3 is 2.70 bits per heavy atom. The van der Waals surface area contributed by atoms with Crippen molar-refractivity contribution in [1.29, 1.82) is 0 Å². The van der Waals surface area contributed by atoms with Gasteiger partial charge in [0.25, 0.3) is 0 Å². The summed E-state index contributed by atoms with van der Waals surface area (Å²) in [5, 5.41) is 10.3. The zero-order chi connectivity index (χ0) is 14.3. The third kappa shape index (κ3) is 2.42. The van der Waals surface area contributed by atoms with Gasteiger partial charge in [0, 0.05) is 31.1 Å². The van der Waals surface area contributed by atoms with Gasteiger partial charge in [-0.2, -0.15) is 0 Å². The second-order valence-electron chi connectivity index (χ2n) is 6.32. The summed E-state index contributed by atoms with van der Waals surface area (Å²) in [6.45, 7) is 6.38. The molecule has 4 heteroatoms. The van der Waals surface area contributed by atoms with Crippen molar-refractivity contribution in [2.75, 3.05) is 13.1 Å². The third-order valence-electron chi connectivity index (χ3n) is 4.66. The fourth-order valence-electron chi connectivity index (χ4n) is 3.36. The van der Waals surface area contributed by atoms with Crippen LogP contribution in [0.3, 0.4) is 0 Å². The lowest BCUT2D eigenvalue weighted by atomic mass is 9.81. The molecule has 1 spiro atoms. The molecule has 3 nitrogen and oxygen atoms in total. The van der Waals surface area contributed by atoms with Crippen LogP contribution in [-0.4, -0.2) is 34.7 Å². The maximum absolute atomic E-state index is 13.3. The van der Waals surface area contributed by atoms with Crippen molar-refractivity contribution in [3.8, 4) is 5.75 Å². The Morgan fingerprint density at radius 1 is 1.35 bits per heavy atom. The van der Waals surface area contributed by atoms with E-state index in [2.05, 4.69) is 18.7 Å². The van der Waals surface area contributed by atoms with Crippen molar-refractivity contribution >= 4 is 0 Å². The van der Waals surface area contributed by atoms with Crippen LogP contribution in [0.1, 0.15) is 44.8 Å². The summed E-state index contributed by atoms with van der Waals surface area (Å²) in [5.41, 5.74) is 0.303. The predicted octanol–water partition coefficient (Wildman–Crippen LogP) is 2.88. The van der Waals surface area contributed by atoms with Crippen LogP contribution < -0.4 is 4.74 Å². The lowest BCUT2D eigenvalue weighted by Crippen LogP contribution is -2.51. The highest BCUT2D eigenvalue weighted by Crippen LogP contribution is 2.44. The SMILES string of the molecule is CC(C)N1CCC2(CC1)C[C@H](O)c1cc(F)ccc1O2. The Balaban J connectivity index is 1.80. The fourth-order valence-corrected chi connectivity index (χ4v) is 3.36. The van der Waals surface area contributed by atoms with Gasteiger partial charge < -0.3 is 14.7 Å². The second kappa shape index (κ2) is 5.01. The third-order valence-corrected chi connectivity index (χ3v) is 4.66. The summed E-state index contributed by atoms with van der Waals surface area (Å²) in [6.07, 6.45) is 1.77. The Labute approximate surface area is 119 Å². The van der Waals surface area contributed by atoms with E-state index < -0.39 is 6.10 Å². The second-order valence-corrected chi connectivity index (χ2v) is 6.32. The molecular formula is C16H22FNO2. The van der Waals surface area contributed by atoms with Gasteiger partial charge in [0.2, 0.25) is 0 Å². The molecule has 1 atom stereocenters. The number of piperidine rings is 1. The van der Waals surface area contributed by atoms with E-state index in [1.807, 2.05) is 0 Å². The monoisotopic (exact) mass is 279 g/mol. The van der Waals surface area contributed by atoms with Crippen LogP contribution in [0, 0.1) is 5.82 Å². The van der Waals surface area contributed by atoms with Gasteiger partial charge in [-0.1, -0.05) is 0 Å². The maximum Gasteiger partial charge on any atom is 0.126 e. The van der Waals surface area contributed by atoms with Gasteiger partial charge in [0.05, 0.1) is 6.10 Å². The van der Waals surface area contributed by atoms with Gasteiger partial charge in [0.1, 0.15) is 17.2 Å². The quantitative estimate of drug-likeness (QED) is 0.858. The van der Waals surface area contributed by atoms with E-state index in [0.29, 0.717) is 23.8 Å². The van der Waals surface area contributed by atoms with Crippen LogP contribution in [0.4, 0.5) is 4.39 Å². The normalized spacial score (nSPS) is 25.6. The summed E-state index contributed by atoms with van der Waals surface area (Å²) in [6, 6.07) is 4.97. The molecule has 0 saturated carbocycles. The van der Waals surface area contributed by atoms with E-state index in [0.717, 1.165) is 25.9 Å². The number of aliphatic hydroxyl groups is 1. The number of hydrogen-bond donors (Lipinski definition) is 1. The molecule has 1 aromatic rings. The molecule has 2 aliphatic rings. The number of fused-ring (bicyclic) bond motifs is 1. The molecule has 0 bridgehead atoms. The van der Waals surface area contributed by atoms with Gasteiger partial charge in [-0.15, -0.1) is 0 Å². The van der Waals surface area contributed by atoms with Crippen molar-refractivity contribution < 1.29 is 14.2 Å². The van der Waals surface area contributed by atoms with Gasteiger partial charge in [-0.05, 0) is 44.9 Å². The molecule has 1 N–H and O–H groups in total.